The van der Waals surface area contributed by atoms with Crippen LogP contribution in [0.25, 0.3) is 5.69 Å². The highest BCUT2D eigenvalue weighted by Gasteiger charge is 2.25. The number of aryl methyl sites for hydroxylation is 1. The fourth-order valence-corrected chi connectivity index (χ4v) is 3.52. The molecule has 0 unspecified atom stereocenters. The summed E-state index contributed by atoms with van der Waals surface area (Å²) in [5, 5.41) is 22.9. The minimum Gasteiger partial charge on any atom is -0.336 e. The summed E-state index contributed by atoms with van der Waals surface area (Å²) in [7, 11) is 0. The van der Waals surface area contributed by atoms with Crippen molar-refractivity contribution in [3.8, 4) is 5.69 Å². The van der Waals surface area contributed by atoms with Gasteiger partial charge in [-0.25, -0.2) is 4.39 Å². The van der Waals surface area contributed by atoms with Gasteiger partial charge in [0, 0.05) is 43.4 Å². The zero-order valence-electron chi connectivity index (χ0n) is 16.8. The second-order valence-corrected chi connectivity index (χ2v) is 7.31. The van der Waals surface area contributed by atoms with Gasteiger partial charge in [0.15, 0.2) is 5.82 Å². The van der Waals surface area contributed by atoms with Crippen LogP contribution in [0.5, 0.6) is 0 Å². The first kappa shape index (κ1) is 20.5. The standard InChI is InChI=1S/C20H20FN7O3/c1-14-2-3-15(12-18(14)28(30)31)20(29)26-10-8-25(9-11-26)13-19-22-23-24-27(19)17-6-4-16(21)5-7-17/h2-7,12H,8-11,13H2,1H3. The Balaban J connectivity index is 1.39. The van der Waals surface area contributed by atoms with Crippen LogP contribution in [0.15, 0.2) is 42.5 Å². The number of halogens is 1. The number of piperazine rings is 1. The topological polar surface area (TPSA) is 110 Å². The molecule has 1 aliphatic rings. The third kappa shape index (κ3) is 4.40. The molecule has 0 spiro atoms. The van der Waals surface area contributed by atoms with Crippen LogP contribution in [0.1, 0.15) is 21.7 Å². The molecule has 1 amide bonds. The summed E-state index contributed by atoms with van der Waals surface area (Å²) < 4.78 is 14.7. The van der Waals surface area contributed by atoms with E-state index in [1.54, 1.807) is 40.8 Å². The summed E-state index contributed by atoms with van der Waals surface area (Å²) in [5.74, 6) is 0.0533. The van der Waals surface area contributed by atoms with E-state index in [1.807, 2.05) is 0 Å². The normalized spacial score (nSPS) is 14.6. The number of aromatic nitrogens is 4. The predicted molar refractivity (Wildman–Crippen MR) is 108 cm³/mol. The van der Waals surface area contributed by atoms with E-state index in [0.29, 0.717) is 55.4 Å². The first-order chi connectivity index (χ1) is 14.9. The van der Waals surface area contributed by atoms with E-state index in [1.165, 1.54) is 18.2 Å². The molecule has 3 aromatic rings. The van der Waals surface area contributed by atoms with Gasteiger partial charge in [-0.3, -0.25) is 19.8 Å². The summed E-state index contributed by atoms with van der Waals surface area (Å²) in [5.41, 5.74) is 1.43. The Bertz CT molecular complexity index is 1110. The number of amides is 1. The maximum Gasteiger partial charge on any atom is 0.273 e. The van der Waals surface area contributed by atoms with E-state index in [-0.39, 0.29) is 17.4 Å². The Labute approximate surface area is 177 Å². The predicted octanol–water partition coefficient (Wildman–Crippen LogP) is 1.98. The second kappa shape index (κ2) is 8.56. The van der Waals surface area contributed by atoms with Gasteiger partial charge in [0.2, 0.25) is 0 Å². The van der Waals surface area contributed by atoms with Gasteiger partial charge in [-0.1, -0.05) is 6.07 Å². The Hall–Kier alpha value is -3.73. The van der Waals surface area contributed by atoms with Gasteiger partial charge in [-0.2, -0.15) is 4.68 Å². The molecule has 0 atom stereocenters. The van der Waals surface area contributed by atoms with Crippen molar-refractivity contribution in [3.05, 3.63) is 75.3 Å². The van der Waals surface area contributed by atoms with E-state index < -0.39 is 4.92 Å². The highest BCUT2D eigenvalue weighted by atomic mass is 19.1. The smallest absolute Gasteiger partial charge is 0.273 e. The van der Waals surface area contributed by atoms with Gasteiger partial charge in [-0.05, 0) is 47.7 Å². The highest BCUT2D eigenvalue weighted by Crippen LogP contribution is 2.21. The monoisotopic (exact) mass is 425 g/mol. The van der Waals surface area contributed by atoms with Crippen molar-refractivity contribution in [1.29, 1.82) is 0 Å². The molecule has 1 saturated heterocycles. The lowest BCUT2D eigenvalue weighted by Gasteiger charge is -2.34. The Kier molecular flexibility index (Phi) is 5.67. The Morgan fingerprint density at radius 1 is 1.13 bits per heavy atom. The van der Waals surface area contributed by atoms with Crippen molar-refractivity contribution in [1.82, 2.24) is 30.0 Å². The molecule has 2 heterocycles. The largest absolute Gasteiger partial charge is 0.336 e. The molecule has 2 aromatic carbocycles. The van der Waals surface area contributed by atoms with Crippen LogP contribution in [0.2, 0.25) is 0 Å². The lowest BCUT2D eigenvalue weighted by Crippen LogP contribution is -2.48. The maximum absolute atomic E-state index is 13.2. The van der Waals surface area contributed by atoms with E-state index in [2.05, 4.69) is 20.4 Å². The van der Waals surface area contributed by atoms with Crippen LogP contribution >= 0.6 is 0 Å². The zero-order chi connectivity index (χ0) is 22.0. The van der Waals surface area contributed by atoms with Gasteiger partial charge in [0.1, 0.15) is 5.82 Å². The molecular formula is C20H20FN7O3. The zero-order valence-corrected chi connectivity index (χ0v) is 16.8. The van der Waals surface area contributed by atoms with Crippen LogP contribution < -0.4 is 0 Å². The summed E-state index contributed by atoms with van der Waals surface area (Å²) in [4.78, 5) is 27.3. The molecule has 1 aliphatic heterocycles. The minimum absolute atomic E-state index is 0.0582. The Morgan fingerprint density at radius 3 is 2.52 bits per heavy atom. The molecule has 31 heavy (non-hydrogen) atoms. The van der Waals surface area contributed by atoms with Crippen LogP contribution in [0.4, 0.5) is 10.1 Å². The number of carbonyl (C=O) groups is 1. The molecular weight excluding hydrogens is 405 g/mol. The van der Waals surface area contributed by atoms with Crippen molar-refractivity contribution in [2.45, 2.75) is 13.5 Å². The number of carbonyl (C=O) groups excluding carboxylic acids is 1. The number of nitro benzene ring substituents is 1. The molecule has 4 rings (SSSR count). The number of tetrazole rings is 1. The number of hydrogen-bond acceptors (Lipinski definition) is 7. The molecule has 0 aliphatic carbocycles. The van der Waals surface area contributed by atoms with Crippen molar-refractivity contribution in [2.75, 3.05) is 26.2 Å². The van der Waals surface area contributed by atoms with E-state index in [4.69, 9.17) is 0 Å². The lowest BCUT2D eigenvalue weighted by atomic mass is 10.1. The molecule has 0 saturated carbocycles. The quantitative estimate of drug-likeness (QED) is 0.454. The van der Waals surface area contributed by atoms with Crippen LogP contribution in [-0.2, 0) is 6.54 Å². The summed E-state index contributed by atoms with van der Waals surface area (Å²) in [6.45, 7) is 4.30. The van der Waals surface area contributed by atoms with Crippen LogP contribution in [-0.4, -0.2) is 67.0 Å². The summed E-state index contributed by atoms with van der Waals surface area (Å²) >= 11 is 0. The number of benzene rings is 2. The van der Waals surface area contributed by atoms with Gasteiger partial charge in [-0.15, -0.1) is 5.10 Å². The summed E-state index contributed by atoms with van der Waals surface area (Å²) in [6.07, 6.45) is 0. The van der Waals surface area contributed by atoms with Crippen molar-refractivity contribution in [2.24, 2.45) is 0 Å². The molecule has 11 heteroatoms. The van der Waals surface area contributed by atoms with Crippen LogP contribution in [0, 0.1) is 22.9 Å². The number of nitrogens with zero attached hydrogens (tertiary/aromatic N) is 7. The molecule has 0 radical (unpaired) electrons. The Morgan fingerprint density at radius 2 is 1.84 bits per heavy atom. The molecule has 0 N–H and O–H groups in total. The number of hydrogen-bond donors (Lipinski definition) is 0. The van der Waals surface area contributed by atoms with E-state index in [9.17, 15) is 19.3 Å². The first-order valence-corrected chi connectivity index (χ1v) is 9.72. The van der Waals surface area contributed by atoms with Gasteiger partial charge in [0.25, 0.3) is 11.6 Å². The van der Waals surface area contributed by atoms with Crippen molar-refractivity contribution < 1.29 is 14.1 Å². The number of rotatable bonds is 5. The third-order valence-electron chi connectivity index (χ3n) is 5.28. The van der Waals surface area contributed by atoms with Gasteiger partial charge in [0.05, 0.1) is 17.2 Å². The van der Waals surface area contributed by atoms with Gasteiger partial charge >= 0.3 is 0 Å². The minimum atomic E-state index is -0.477. The fourth-order valence-electron chi connectivity index (χ4n) is 3.52. The molecule has 160 valence electrons. The maximum atomic E-state index is 13.2. The fraction of sp³-hybridized carbons (Fsp3) is 0.300. The van der Waals surface area contributed by atoms with Crippen molar-refractivity contribution in [3.63, 3.8) is 0 Å². The van der Waals surface area contributed by atoms with Crippen LogP contribution in [0.3, 0.4) is 0 Å². The summed E-state index contributed by atoms with van der Waals surface area (Å²) in [6, 6.07) is 10.5. The lowest BCUT2D eigenvalue weighted by molar-refractivity contribution is -0.385. The molecule has 0 bridgehead atoms. The second-order valence-electron chi connectivity index (χ2n) is 7.31. The average molecular weight is 425 g/mol. The van der Waals surface area contributed by atoms with E-state index in [0.717, 1.165) is 0 Å². The average Bonchev–Trinajstić information content (AvgIpc) is 3.22. The molecule has 10 nitrogen and oxygen atoms in total. The molecule has 1 fully saturated rings. The third-order valence-corrected chi connectivity index (χ3v) is 5.28. The first-order valence-electron chi connectivity index (χ1n) is 9.72. The van der Waals surface area contributed by atoms with Gasteiger partial charge < -0.3 is 4.90 Å². The highest BCUT2D eigenvalue weighted by molar-refractivity contribution is 5.95. The number of nitro groups is 1. The molecule has 1 aromatic heterocycles. The van der Waals surface area contributed by atoms with E-state index >= 15 is 0 Å². The van der Waals surface area contributed by atoms with Crippen molar-refractivity contribution >= 4 is 11.6 Å². The SMILES string of the molecule is Cc1ccc(C(=O)N2CCN(Cc3nnnn3-c3ccc(F)cc3)CC2)cc1[N+](=O)[O-].